The van der Waals surface area contributed by atoms with Crippen LogP contribution in [-0.4, -0.2) is 21.3 Å². The van der Waals surface area contributed by atoms with Crippen molar-refractivity contribution in [2.24, 2.45) is 17.1 Å². The van der Waals surface area contributed by atoms with E-state index in [1.807, 2.05) is 4.68 Å². The molecule has 2 N–H and O–H groups in total. The summed E-state index contributed by atoms with van der Waals surface area (Å²) in [5.74, 6) is 1.58. The Bertz CT molecular complexity index is 330. The van der Waals surface area contributed by atoms with Crippen LogP contribution in [0.15, 0.2) is 6.33 Å². The van der Waals surface area contributed by atoms with Gasteiger partial charge in [-0.1, -0.05) is 20.8 Å². The molecule has 0 aliphatic rings. The van der Waals surface area contributed by atoms with Gasteiger partial charge in [-0.3, -0.25) is 0 Å². The van der Waals surface area contributed by atoms with Gasteiger partial charge in [-0.25, -0.2) is 9.67 Å². The second kappa shape index (κ2) is 4.95. The summed E-state index contributed by atoms with van der Waals surface area (Å²) >= 11 is 0. The first-order valence-corrected chi connectivity index (χ1v) is 5.99. The molecule has 92 valence electrons. The summed E-state index contributed by atoms with van der Waals surface area (Å²) in [5.41, 5.74) is 5.99. The van der Waals surface area contributed by atoms with E-state index >= 15 is 0 Å². The summed E-state index contributed by atoms with van der Waals surface area (Å²) in [5, 5.41) is 4.26. The molecule has 1 aromatic heterocycles. The van der Waals surface area contributed by atoms with Crippen molar-refractivity contribution in [2.45, 2.75) is 47.1 Å². The van der Waals surface area contributed by atoms with Crippen LogP contribution in [0.3, 0.4) is 0 Å². The smallest absolute Gasteiger partial charge is 0.138 e. The molecule has 1 atom stereocenters. The lowest BCUT2D eigenvalue weighted by Crippen LogP contribution is -2.35. The van der Waals surface area contributed by atoms with Gasteiger partial charge in [-0.15, -0.1) is 0 Å². The zero-order chi connectivity index (χ0) is 12.3. The zero-order valence-corrected chi connectivity index (χ0v) is 11.1. The van der Waals surface area contributed by atoms with Gasteiger partial charge in [0.25, 0.3) is 0 Å². The summed E-state index contributed by atoms with van der Waals surface area (Å²) in [6.07, 6.45) is 2.52. The lowest BCUT2D eigenvalue weighted by molar-refractivity contribution is 0.218. The van der Waals surface area contributed by atoms with Gasteiger partial charge in [-0.05, 0) is 31.7 Å². The van der Waals surface area contributed by atoms with E-state index < -0.39 is 0 Å². The highest BCUT2D eigenvalue weighted by Gasteiger charge is 2.29. The molecule has 0 radical (unpaired) electrons. The van der Waals surface area contributed by atoms with Gasteiger partial charge < -0.3 is 5.73 Å². The Morgan fingerprint density at radius 2 is 2.00 bits per heavy atom. The van der Waals surface area contributed by atoms with Gasteiger partial charge in [0.1, 0.15) is 12.2 Å². The number of aromatic nitrogens is 3. The fraction of sp³-hybridized carbons (Fsp3) is 0.833. The molecule has 1 heterocycles. The molecule has 0 bridgehead atoms. The topological polar surface area (TPSA) is 56.7 Å². The maximum Gasteiger partial charge on any atom is 0.138 e. The van der Waals surface area contributed by atoms with Crippen molar-refractivity contribution in [2.75, 3.05) is 6.54 Å². The van der Waals surface area contributed by atoms with E-state index in [0.717, 1.165) is 12.2 Å². The standard InChI is InChI=1S/C12H24N4/c1-9(2)12(5,7-13)6-11-14-8-15-16(11)10(3)4/h8-10H,6-7,13H2,1-5H3. The summed E-state index contributed by atoms with van der Waals surface area (Å²) < 4.78 is 1.98. The predicted molar refractivity (Wildman–Crippen MR) is 66.1 cm³/mol. The van der Waals surface area contributed by atoms with Crippen LogP contribution in [0, 0.1) is 11.3 Å². The highest BCUT2D eigenvalue weighted by atomic mass is 15.3. The first-order valence-electron chi connectivity index (χ1n) is 5.99. The van der Waals surface area contributed by atoms with E-state index in [-0.39, 0.29) is 5.41 Å². The van der Waals surface area contributed by atoms with Crippen molar-refractivity contribution in [1.29, 1.82) is 0 Å². The van der Waals surface area contributed by atoms with E-state index in [4.69, 9.17) is 5.73 Å². The Balaban J connectivity index is 2.90. The summed E-state index contributed by atoms with van der Waals surface area (Å²) in [7, 11) is 0. The van der Waals surface area contributed by atoms with Gasteiger partial charge in [-0.2, -0.15) is 5.10 Å². The summed E-state index contributed by atoms with van der Waals surface area (Å²) in [4.78, 5) is 4.35. The molecule has 1 unspecified atom stereocenters. The minimum atomic E-state index is 0.0969. The minimum absolute atomic E-state index is 0.0969. The molecule has 0 aliphatic carbocycles. The van der Waals surface area contributed by atoms with Crippen molar-refractivity contribution in [1.82, 2.24) is 14.8 Å². The van der Waals surface area contributed by atoms with E-state index in [1.165, 1.54) is 0 Å². The molecule has 0 aromatic carbocycles. The Hall–Kier alpha value is -0.900. The normalized spacial score (nSPS) is 15.8. The Labute approximate surface area is 98.2 Å². The Kier molecular flexibility index (Phi) is 4.08. The molecule has 4 nitrogen and oxygen atoms in total. The zero-order valence-electron chi connectivity index (χ0n) is 11.1. The number of nitrogens with two attached hydrogens (primary N) is 1. The van der Waals surface area contributed by atoms with E-state index in [9.17, 15) is 0 Å². The van der Waals surface area contributed by atoms with E-state index in [1.54, 1.807) is 6.33 Å². The average molecular weight is 224 g/mol. The third-order valence-corrected chi connectivity index (χ3v) is 3.56. The SMILES string of the molecule is CC(C)n1ncnc1CC(C)(CN)C(C)C. The van der Waals surface area contributed by atoms with Gasteiger partial charge in [0.05, 0.1) is 0 Å². The van der Waals surface area contributed by atoms with Gasteiger partial charge in [0.15, 0.2) is 0 Å². The van der Waals surface area contributed by atoms with Crippen molar-refractivity contribution in [3.63, 3.8) is 0 Å². The number of nitrogens with zero attached hydrogens (tertiary/aromatic N) is 3. The molecule has 0 amide bonds. The highest BCUT2D eigenvalue weighted by molar-refractivity contribution is 4.95. The molecule has 0 saturated heterocycles. The maximum absolute atomic E-state index is 5.89. The molecule has 1 aromatic rings. The Morgan fingerprint density at radius 3 is 2.44 bits per heavy atom. The van der Waals surface area contributed by atoms with E-state index in [2.05, 4.69) is 44.7 Å². The van der Waals surface area contributed by atoms with Crippen molar-refractivity contribution >= 4 is 0 Å². The van der Waals surface area contributed by atoms with Crippen molar-refractivity contribution in [3.05, 3.63) is 12.2 Å². The lowest BCUT2D eigenvalue weighted by Gasteiger charge is -2.32. The molecule has 4 heteroatoms. The molecule has 0 aliphatic heterocycles. The predicted octanol–water partition coefficient (Wildman–Crippen LogP) is 2.02. The summed E-state index contributed by atoms with van der Waals surface area (Å²) in [6, 6.07) is 0.353. The van der Waals surface area contributed by atoms with Crippen LogP contribution in [0.5, 0.6) is 0 Å². The van der Waals surface area contributed by atoms with Gasteiger partial charge in [0.2, 0.25) is 0 Å². The fourth-order valence-corrected chi connectivity index (χ4v) is 1.71. The fourth-order valence-electron chi connectivity index (χ4n) is 1.71. The molecular formula is C12H24N4. The van der Waals surface area contributed by atoms with Crippen LogP contribution in [-0.2, 0) is 6.42 Å². The quantitative estimate of drug-likeness (QED) is 0.832. The third-order valence-electron chi connectivity index (χ3n) is 3.56. The number of hydrogen-bond donors (Lipinski definition) is 1. The van der Waals surface area contributed by atoms with Crippen LogP contribution >= 0.6 is 0 Å². The molecule has 16 heavy (non-hydrogen) atoms. The van der Waals surface area contributed by atoms with Crippen LogP contribution < -0.4 is 5.73 Å². The molecule has 0 saturated carbocycles. The highest BCUT2D eigenvalue weighted by Crippen LogP contribution is 2.29. The van der Waals surface area contributed by atoms with Crippen LogP contribution in [0.1, 0.15) is 46.5 Å². The monoisotopic (exact) mass is 224 g/mol. The number of rotatable bonds is 5. The second-order valence-electron chi connectivity index (χ2n) is 5.40. The van der Waals surface area contributed by atoms with Gasteiger partial charge in [0, 0.05) is 12.5 Å². The van der Waals surface area contributed by atoms with Crippen molar-refractivity contribution in [3.8, 4) is 0 Å². The van der Waals surface area contributed by atoms with Crippen LogP contribution in [0.2, 0.25) is 0 Å². The van der Waals surface area contributed by atoms with Crippen LogP contribution in [0.25, 0.3) is 0 Å². The van der Waals surface area contributed by atoms with Gasteiger partial charge >= 0.3 is 0 Å². The first-order chi connectivity index (χ1) is 7.40. The second-order valence-corrected chi connectivity index (χ2v) is 5.40. The number of hydrogen-bond acceptors (Lipinski definition) is 3. The van der Waals surface area contributed by atoms with E-state index in [0.29, 0.717) is 18.5 Å². The minimum Gasteiger partial charge on any atom is -0.330 e. The third kappa shape index (κ3) is 2.61. The molecule has 1 rings (SSSR count). The Morgan fingerprint density at radius 1 is 1.38 bits per heavy atom. The molecule has 0 spiro atoms. The molecule has 0 fully saturated rings. The average Bonchev–Trinajstić information content (AvgIpc) is 2.65. The summed E-state index contributed by atoms with van der Waals surface area (Å²) in [6.45, 7) is 11.6. The largest absolute Gasteiger partial charge is 0.330 e. The van der Waals surface area contributed by atoms with Crippen molar-refractivity contribution < 1.29 is 0 Å². The van der Waals surface area contributed by atoms with Crippen LogP contribution in [0.4, 0.5) is 0 Å². The maximum atomic E-state index is 5.89. The first kappa shape index (κ1) is 13.2. The lowest BCUT2D eigenvalue weighted by atomic mass is 9.76. The molecular weight excluding hydrogens is 200 g/mol.